The molecular weight excluding hydrogens is 292 g/mol. The third kappa shape index (κ3) is 3.11. The number of aromatic amines is 1. The van der Waals surface area contributed by atoms with Crippen LogP contribution in [0.25, 0.3) is 0 Å². The lowest BCUT2D eigenvalue weighted by Gasteiger charge is -2.35. The molecule has 0 aliphatic heterocycles. The van der Waals surface area contributed by atoms with Crippen LogP contribution >= 0.6 is 0 Å². The monoisotopic (exact) mass is 312 g/mol. The molecule has 2 saturated carbocycles. The van der Waals surface area contributed by atoms with Gasteiger partial charge in [-0.3, -0.25) is 9.78 Å². The molecule has 2 N–H and O–H groups in total. The third-order valence-corrected chi connectivity index (χ3v) is 6.03. The predicted octanol–water partition coefficient (Wildman–Crippen LogP) is 0.164. The second kappa shape index (κ2) is 5.10. The van der Waals surface area contributed by atoms with E-state index < -0.39 is 10.0 Å². The van der Waals surface area contributed by atoms with Crippen molar-refractivity contribution in [1.82, 2.24) is 14.7 Å². The molecule has 21 heavy (non-hydrogen) atoms. The van der Waals surface area contributed by atoms with Gasteiger partial charge in [0.1, 0.15) is 0 Å². The normalized spacial score (nSPS) is 25.4. The molecule has 1 heterocycles. The second-order valence-electron chi connectivity index (χ2n) is 6.12. The first kappa shape index (κ1) is 14.5. The first-order valence-electron chi connectivity index (χ1n) is 7.15. The Morgan fingerprint density at radius 2 is 2.00 bits per heavy atom. The Hall–Kier alpha value is -1.41. The van der Waals surface area contributed by atoms with E-state index in [2.05, 4.69) is 14.7 Å². The van der Waals surface area contributed by atoms with Crippen LogP contribution in [0.1, 0.15) is 37.3 Å². The van der Waals surface area contributed by atoms with Crippen molar-refractivity contribution in [2.45, 2.75) is 42.9 Å². The highest BCUT2D eigenvalue weighted by atomic mass is 32.2. The summed E-state index contributed by atoms with van der Waals surface area (Å²) in [6, 6.07) is 1.48. The lowest BCUT2D eigenvalue weighted by Crippen LogP contribution is -2.45. The third-order valence-electron chi connectivity index (χ3n) is 4.02. The molecule has 2 fully saturated rings. The van der Waals surface area contributed by atoms with Gasteiger partial charge in [-0.25, -0.2) is 18.1 Å². The van der Waals surface area contributed by atoms with Crippen LogP contribution in [0.3, 0.4) is 0 Å². The maximum atomic E-state index is 11.8. The van der Waals surface area contributed by atoms with Crippen molar-refractivity contribution in [3.05, 3.63) is 22.1 Å². The van der Waals surface area contributed by atoms with E-state index >= 15 is 0 Å². The highest BCUT2D eigenvalue weighted by molar-refractivity contribution is 7.90. The van der Waals surface area contributed by atoms with Gasteiger partial charge in [0.15, 0.2) is 0 Å². The van der Waals surface area contributed by atoms with E-state index in [9.17, 15) is 13.2 Å². The summed E-state index contributed by atoms with van der Waals surface area (Å²) in [5.41, 5.74) is 0.565. The van der Waals surface area contributed by atoms with E-state index in [1.165, 1.54) is 6.07 Å². The molecule has 0 spiro atoms. The molecule has 0 atom stereocenters. The van der Waals surface area contributed by atoms with Crippen molar-refractivity contribution >= 4 is 16.0 Å². The molecule has 0 unspecified atom stereocenters. The Balaban J connectivity index is 1.65. The molecule has 8 heteroatoms. The Morgan fingerprint density at radius 3 is 2.57 bits per heavy atom. The predicted molar refractivity (Wildman–Crippen MR) is 80.0 cm³/mol. The van der Waals surface area contributed by atoms with Crippen LogP contribution in [0, 0.1) is 0 Å². The summed E-state index contributed by atoms with van der Waals surface area (Å²) in [5, 5.41) is -0.186. The molecule has 1 aromatic rings. The van der Waals surface area contributed by atoms with Gasteiger partial charge in [0, 0.05) is 32.1 Å². The summed E-state index contributed by atoms with van der Waals surface area (Å²) in [6.07, 6.45) is 2.95. The average Bonchev–Trinajstić information content (AvgIpc) is 3.16. The zero-order valence-corrected chi connectivity index (χ0v) is 13.0. The molecule has 2 aliphatic carbocycles. The minimum atomic E-state index is -3.13. The smallest absolute Gasteiger partial charge is 0.252 e. The zero-order chi connectivity index (χ0) is 15.2. The van der Waals surface area contributed by atoms with Gasteiger partial charge in [0.2, 0.25) is 16.0 Å². The van der Waals surface area contributed by atoms with Gasteiger partial charge in [0.05, 0.1) is 10.9 Å². The average molecular weight is 312 g/mol. The molecule has 7 nitrogen and oxygen atoms in total. The lowest BCUT2D eigenvalue weighted by molar-refractivity contribution is 0.320. The summed E-state index contributed by atoms with van der Waals surface area (Å²) >= 11 is 0. The summed E-state index contributed by atoms with van der Waals surface area (Å²) in [7, 11) is 0.501. The fraction of sp³-hybridized carbons (Fsp3) is 0.692. The van der Waals surface area contributed by atoms with E-state index in [-0.39, 0.29) is 22.8 Å². The van der Waals surface area contributed by atoms with Gasteiger partial charge in [-0.1, -0.05) is 0 Å². The van der Waals surface area contributed by atoms with E-state index in [4.69, 9.17) is 0 Å². The minimum absolute atomic E-state index is 0.0236. The summed E-state index contributed by atoms with van der Waals surface area (Å²) in [4.78, 5) is 20.5. The number of rotatable bonds is 5. The zero-order valence-electron chi connectivity index (χ0n) is 12.2. The van der Waals surface area contributed by atoms with Gasteiger partial charge in [-0.2, -0.15) is 0 Å². The number of H-pyrrole nitrogens is 1. The number of nitrogens with zero attached hydrogens (tertiary/aromatic N) is 2. The SMILES string of the molecule is CN(C)c1nc(C2CC(NS(=O)(=O)C3CC3)C2)cc(=O)[nH]1. The molecule has 2 aliphatic rings. The van der Waals surface area contributed by atoms with Crippen molar-refractivity contribution in [2.75, 3.05) is 19.0 Å². The molecule has 0 saturated heterocycles. The lowest BCUT2D eigenvalue weighted by atomic mass is 9.78. The summed E-state index contributed by atoms with van der Waals surface area (Å²) < 4.78 is 26.5. The standard InChI is InChI=1S/C13H20N4O3S/c1-17(2)13-14-11(7-12(18)15-13)8-5-9(6-8)16-21(19,20)10-3-4-10/h7-10,16H,3-6H2,1-2H3,(H,14,15,18). The van der Waals surface area contributed by atoms with Crippen molar-refractivity contribution in [1.29, 1.82) is 0 Å². The number of nitrogens with one attached hydrogen (secondary N) is 2. The Bertz CT molecular complexity index is 688. The summed E-state index contributed by atoms with van der Waals surface area (Å²) in [6.45, 7) is 0. The molecule has 0 amide bonds. The number of sulfonamides is 1. The number of hydrogen-bond donors (Lipinski definition) is 2. The second-order valence-corrected chi connectivity index (χ2v) is 8.11. The van der Waals surface area contributed by atoms with Crippen LogP contribution < -0.4 is 15.2 Å². The van der Waals surface area contributed by atoms with Crippen LogP contribution in [-0.4, -0.2) is 43.8 Å². The highest BCUT2D eigenvalue weighted by Crippen LogP contribution is 2.37. The van der Waals surface area contributed by atoms with Crippen LogP contribution in [0.15, 0.2) is 10.9 Å². The topological polar surface area (TPSA) is 95.2 Å². The molecule has 3 rings (SSSR count). The van der Waals surface area contributed by atoms with E-state index in [1.54, 1.807) is 4.90 Å². The quantitative estimate of drug-likeness (QED) is 0.808. The first-order chi connectivity index (χ1) is 9.85. The van der Waals surface area contributed by atoms with Crippen molar-refractivity contribution < 1.29 is 8.42 Å². The number of aromatic nitrogens is 2. The van der Waals surface area contributed by atoms with Crippen molar-refractivity contribution in [3.8, 4) is 0 Å². The fourth-order valence-corrected chi connectivity index (χ4v) is 4.15. The molecule has 0 bridgehead atoms. The van der Waals surface area contributed by atoms with Crippen LogP contribution in [0.4, 0.5) is 5.95 Å². The molecule has 0 radical (unpaired) electrons. The van der Waals surface area contributed by atoms with Gasteiger partial charge < -0.3 is 4.90 Å². The molecule has 0 aromatic carbocycles. The van der Waals surface area contributed by atoms with Gasteiger partial charge in [0.25, 0.3) is 5.56 Å². The molecule has 1 aromatic heterocycles. The molecular formula is C13H20N4O3S. The van der Waals surface area contributed by atoms with Gasteiger partial charge >= 0.3 is 0 Å². The summed E-state index contributed by atoms with van der Waals surface area (Å²) in [5.74, 6) is 0.678. The molecule has 116 valence electrons. The van der Waals surface area contributed by atoms with Gasteiger partial charge in [-0.05, 0) is 25.7 Å². The maximum Gasteiger partial charge on any atom is 0.252 e. The largest absolute Gasteiger partial charge is 0.348 e. The fourth-order valence-electron chi connectivity index (χ4n) is 2.55. The number of anilines is 1. The number of hydrogen-bond acceptors (Lipinski definition) is 5. The first-order valence-corrected chi connectivity index (χ1v) is 8.69. The van der Waals surface area contributed by atoms with Crippen molar-refractivity contribution in [3.63, 3.8) is 0 Å². The Kier molecular flexibility index (Phi) is 3.53. The highest BCUT2D eigenvalue weighted by Gasteiger charge is 2.40. The van der Waals surface area contributed by atoms with Crippen molar-refractivity contribution in [2.24, 2.45) is 0 Å². The van der Waals surface area contributed by atoms with Gasteiger partial charge in [-0.15, -0.1) is 0 Å². The Labute approximate surface area is 123 Å². The van der Waals surface area contributed by atoms with Crippen LogP contribution in [0.2, 0.25) is 0 Å². The Morgan fingerprint density at radius 1 is 1.33 bits per heavy atom. The van der Waals surface area contributed by atoms with E-state index in [0.717, 1.165) is 18.5 Å². The minimum Gasteiger partial charge on any atom is -0.348 e. The van der Waals surface area contributed by atoms with E-state index in [0.29, 0.717) is 18.8 Å². The van der Waals surface area contributed by atoms with E-state index in [1.807, 2.05) is 14.1 Å². The van der Waals surface area contributed by atoms with Crippen LogP contribution in [0.5, 0.6) is 0 Å². The maximum absolute atomic E-state index is 11.8. The van der Waals surface area contributed by atoms with Crippen LogP contribution in [-0.2, 0) is 10.0 Å².